The Morgan fingerprint density at radius 3 is 2.68 bits per heavy atom. The van der Waals surface area contributed by atoms with E-state index in [1.165, 1.54) is 0 Å². The van der Waals surface area contributed by atoms with Crippen LogP contribution in [0.5, 0.6) is 11.5 Å². The van der Waals surface area contributed by atoms with Gasteiger partial charge in [0, 0.05) is 11.9 Å². The first-order valence-corrected chi connectivity index (χ1v) is 11.4. The second-order valence-corrected chi connectivity index (χ2v) is 8.48. The van der Waals surface area contributed by atoms with Gasteiger partial charge >= 0.3 is 0 Å². The summed E-state index contributed by atoms with van der Waals surface area (Å²) >= 11 is 1.55. The van der Waals surface area contributed by atoms with E-state index in [9.17, 15) is 4.79 Å². The van der Waals surface area contributed by atoms with Gasteiger partial charge in [-0.25, -0.2) is 9.67 Å². The number of hydrogen-bond donors (Lipinski definition) is 2. The molecule has 0 spiro atoms. The number of thiophene rings is 1. The van der Waals surface area contributed by atoms with Crippen LogP contribution in [0.25, 0.3) is 10.7 Å². The monoisotopic (exact) mass is 474 g/mol. The van der Waals surface area contributed by atoms with Crippen LogP contribution in [0.3, 0.4) is 0 Å². The molecule has 1 unspecified atom stereocenters. The zero-order valence-electron chi connectivity index (χ0n) is 18.8. The Hall–Kier alpha value is -4.18. The Morgan fingerprint density at radius 2 is 1.97 bits per heavy atom. The van der Waals surface area contributed by atoms with Crippen LogP contribution in [0, 0.1) is 0 Å². The van der Waals surface area contributed by atoms with Crippen LogP contribution < -0.4 is 20.1 Å². The number of carbonyl (C=O) groups is 1. The van der Waals surface area contributed by atoms with Crippen molar-refractivity contribution in [3.63, 3.8) is 0 Å². The van der Waals surface area contributed by atoms with Crippen molar-refractivity contribution < 1.29 is 14.3 Å². The van der Waals surface area contributed by atoms with Gasteiger partial charge in [-0.3, -0.25) is 4.79 Å². The van der Waals surface area contributed by atoms with Crippen molar-refractivity contribution in [2.45, 2.75) is 13.0 Å². The van der Waals surface area contributed by atoms with Gasteiger partial charge in [0.05, 0.1) is 24.7 Å². The third-order valence-corrected chi connectivity index (χ3v) is 6.33. The predicted molar refractivity (Wildman–Crippen MR) is 130 cm³/mol. The van der Waals surface area contributed by atoms with E-state index in [0.717, 1.165) is 10.4 Å². The first-order valence-electron chi connectivity index (χ1n) is 10.5. The number of amides is 1. The highest BCUT2D eigenvalue weighted by atomic mass is 32.1. The number of hydrogen-bond acceptors (Lipinski definition) is 8. The number of rotatable bonds is 6. The third-order valence-electron chi connectivity index (χ3n) is 5.47. The Bertz CT molecular complexity index is 1360. The number of methoxy groups -OCH3 is 2. The number of fused-ring (bicyclic) bond motifs is 1. The van der Waals surface area contributed by atoms with Crippen LogP contribution in [0.4, 0.5) is 11.8 Å². The highest BCUT2D eigenvalue weighted by Gasteiger charge is 2.35. The summed E-state index contributed by atoms with van der Waals surface area (Å²) in [5.41, 5.74) is 1.97. The predicted octanol–water partition coefficient (Wildman–Crippen LogP) is 4.35. The summed E-state index contributed by atoms with van der Waals surface area (Å²) < 4.78 is 12.7. The standard InChI is InChI=1S/C24H22N6O3S/c1-14-20(23(31)27-19-8-4-5-11-25-19)21(15-9-10-16(32-2)17(13-15)33-3)30-24(26-14)28-22(29-30)18-7-6-12-34-18/h4-13,21H,1-3H3,(H,25,27,31)(H,26,28,29). The maximum Gasteiger partial charge on any atom is 0.257 e. The molecule has 1 amide bonds. The topological polar surface area (TPSA) is 103 Å². The SMILES string of the molecule is COc1ccc(C2C(C(=O)Nc3ccccn3)=C(C)Nc3nc(-c4cccs4)nn32)cc1OC. The molecule has 0 saturated heterocycles. The van der Waals surface area contributed by atoms with E-state index in [2.05, 4.69) is 15.6 Å². The summed E-state index contributed by atoms with van der Waals surface area (Å²) in [5, 5.41) is 12.9. The molecule has 9 nitrogen and oxygen atoms in total. The van der Waals surface area contributed by atoms with Crippen molar-refractivity contribution in [2.75, 3.05) is 24.9 Å². The van der Waals surface area contributed by atoms with E-state index >= 15 is 0 Å². The molecule has 1 aliphatic rings. The fourth-order valence-electron chi connectivity index (χ4n) is 3.91. The highest BCUT2D eigenvalue weighted by Crippen LogP contribution is 2.40. The Kier molecular flexibility index (Phi) is 5.72. The van der Waals surface area contributed by atoms with Crippen molar-refractivity contribution in [1.82, 2.24) is 19.7 Å². The second-order valence-electron chi connectivity index (χ2n) is 7.53. The number of nitrogens with zero attached hydrogens (tertiary/aromatic N) is 4. The van der Waals surface area contributed by atoms with Crippen LogP contribution in [0.15, 0.2) is 71.4 Å². The second kappa shape index (κ2) is 8.99. The first-order chi connectivity index (χ1) is 16.6. The van der Waals surface area contributed by atoms with Crippen LogP contribution >= 0.6 is 11.3 Å². The van der Waals surface area contributed by atoms with Gasteiger partial charge in [0.15, 0.2) is 17.3 Å². The van der Waals surface area contributed by atoms with Crippen molar-refractivity contribution in [3.8, 4) is 22.2 Å². The van der Waals surface area contributed by atoms with Crippen molar-refractivity contribution in [2.24, 2.45) is 0 Å². The maximum absolute atomic E-state index is 13.5. The lowest BCUT2D eigenvalue weighted by Crippen LogP contribution is -2.31. The fraction of sp³-hybridized carbons (Fsp3) is 0.167. The Balaban J connectivity index is 1.63. The Labute approximate surface area is 200 Å². The molecule has 3 aromatic heterocycles. The van der Waals surface area contributed by atoms with Gasteiger partial charge in [0.1, 0.15) is 11.9 Å². The van der Waals surface area contributed by atoms with Crippen LogP contribution in [0.2, 0.25) is 0 Å². The lowest BCUT2D eigenvalue weighted by Gasteiger charge is -2.29. The molecule has 2 N–H and O–H groups in total. The molecule has 4 aromatic rings. The molecular weight excluding hydrogens is 452 g/mol. The number of allylic oxidation sites excluding steroid dienone is 1. The molecule has 172 valence electrons. The van der Waals surface area contributed by atoms with Crippen molar-refractivity contribution in [3.05, 3.63) is 76.9 Å². The van der Waals surface area contributed by atoms with Gasteiger partial charge in [0.2, 0.25) is 5.95 Å². The summed E-state index contributed by atoms with van der Waals surface area (Å²) in [6.45, 7) is 1.85. The summed E-state index contributed by atoms with van der Waals surface area (Å²) in [4.78, 5) is 23.4. The molecule has 0 saturated carbocycles. The smallest absolute Gasteiger partial charge is 0.257 e. The Morgan fingerprint density at radius 1 is 1.12 bits per heavy atom. The van der Waals surface area contributed by atoms with Crippen molar-refractivity contribution >= 4 is 29.0 Å². The molecule has 1 atom stereocenters. The molecular formula is C24H22N6O3S. The van der Waals surface area contributed by atoms with E-state index in [1.807, 2.05) is 48.7 Å². The van der Waals surface area contributed by atoms with Gasteiger partial charge in [-0.1, -0.05) is 18.2 Å². The zero-order chi connectivity index (χ0) is 23.7. The molecule has 4 heterocycles. The van der Waals surface area contributed by atoms with Crippen molar-refractivity contribution in [1.29, 1.82) is 0 Å². The zero-order valence-corrected chi connectivity index (χ0v) is 19.6. The quantitative estimate of drug-likeness (QED) is 0.428. The maximum atomic E-state index is 13.5. The van der Waals surface area contributed by atoms with Crippen LogP contribution in [-0.4, -0.2) is 39.9 Å². The van der Waals surface area contributed by atoms with Gasteiger partial charge in [0.25, 0.3) is 5.91 Å². The average molecular weight is 475 g/mol. The number of carbonyl (C=O) groups excluding carboxylic acids is 1. The van der Waals surface area contributed by atoms with E-state index in [1.54, 1.807) is 48.6 Å². The minimum absolute atomic E-state index is 0.290. The number of anilines is 2. The molecule has 1 aliphatic heterocycles. The van der Waals surface area contributed by atoms with E-state index in [0.29, 0.717) is 40.4 Å². The van der Waals surface area contributed by atoms with E-state index in [-0.39, 0.29) is 5.91 Å². The molecule has 0 radical (unpaired) electrons. The first kappa shape index (κ1) is 21.7. The normalized spacial score (nSPS) is 14.9. The lowest BCUT2D eigenvalue weighted by atomic mass is 9.94. The molecule has 0 aliphatic carbocycles. The van der Waals surface area contributed by atoms with E-state index in [4.69, 9.17) is 19.6 Å². The van der Waals surface area contributed by atoms with Gasteiger partial charge < -0.3 is 20.1 Å². The van der Waals surface area contributed by atoms with Crippen LogP contribution in [-0.2, 0) is 4.79 Å². The summed E-state index contributed by atoms with van der Waals surface area (Å²) in [6, 6.07) is 14.3. The molecule has 5 rings (SSSR count). The highest BCUT2D eigenvalue weighted by molar-refractivity contribution is 7.13. The number of pyridine rings is 1. The molecule has 0 bridgehead atoms. The minimum Gasteiger partial charge on any atom is -0.493 e. The average Bonchev–Trinajstić information content (AvgIpc) is 3.53. The minimum atomic E-state index is -0.555. The number of ether oxygens (including phenoxy) is 2. The number of nitrogens with one attached hydrogen (secondary N) is 2. The molecule has 1 aromatic carbocycles. The summed E-state index contributed by atoms with van der Waals surface area (Å²) in [5.74, 6) is 2.46. The summed E-state index contributed by atoms with van der Waals surface area (Å²) in [6.07, 6.45) is 1.63. The molecule has 10 heteroatoms. The van der Waals surface area contributed by atoms with Gasteiger partial charge in [-0.2, -0.15) is 4.98 Å². The number of aromatic nitrogens is 4. The van der Waals surface area contributed by atoms with Crippen LogP contribution in [0.1, 0.15) is 18.5 Å². The van der Waals surface area contributed by atoms with Gasteiger partial charge in [-0.15, -0.1) is 16.4 Å². The number of benzene rings is 1. The molecule has 34 heavy (non-hydrogen) atoms. The van der Waals surface area contributed by atoms with E-state index < -0.39 is 6.04 Å². The third kappa shape index (κ3) is 3.88. The molecule has 0 fully saturated rings. The summed E-state index contributed by atoms with van der Waals surface area (Å²) in [7, 11) is 3.16. The lowest BCUT2D eigenvalue weighted by molar-refractivity contribution is -0.113. The fourth-order valence-corrected chi connectivity index (χ4v) is 4.56. The van der Waals surface area contributed by atoms with Gasteiger partial charge in [-0.05, 0) is 48.2 Å². The largest absolute Gasteiger partial charge is 0.493 e.